The number of hydrogen-bond donors (Lipinski definition) is 1. The highest BCUT2D eigenvalue weighted by molar-refractivity contribution is 6.28. The van der Waals surface area contributed by atoms with Gasteiger partial charge in [-0.2, -0.15) is 0 Å². The number of amides is 3. The minimum absolute atomic E-state index is 0.269. The second kappa shape index (κ2) is 6.60. The van der Waals surface area contributed by atoms with Crippen molar-refractivity contribution in [2.45, 2.75) is 0 Å². The third kappa shape index (κ3) is 4.61. The maximum atomic E-state index is 11.1. The number of imide groups is 1. The average molecular weight is 251 g/mol. The molecule has 0 saturated carbocycles. The molecular weight excluding hydrogens is 240 g/mol. The highest BCUT2D eigenvalue weighted by atomic mass is 35.5. The number of carbonyl (C=O) groups excluding carboxylic acids is 2. The molecule has 1 rings (SSSR count). The average Bonchev–Trinajstić information content (AvgIpc) is 2.36. The molecule has 1 aromatic rings. The van der Waals surface area contributed by atoms with E-state index in [1.807, 2.05) is 17.4 Å². The van der Waals surface area contributed by atoms with Crippen LogP contribution in [0.1, 0.15) is 11.1 Å². The molecule has 0 heterocycles. The number of alkyl halides is 1. The summed E-state index contributed by atoms with van der Waals surface area (Å²) in [6.07, 6.45) is 3.08. The van der Waals surface area contributed by atoms with Gasteiger partial charge in [-0.3, -0.25) is 10.1 Å². The highest BCUT2D eigenvalue weighted by Gasteiger charge is 2.02. The standard InChI is InChI=1S/C12H11ClN2O2/c1-2-9-3-5-10(6-4-9)8-14-12(17)15-11(16)7-13/h2-6,8H,1,7H2,(H,15,16,17). The first kappa shape index (κ1) is 13.1. The summed E-state index contributed by atoms with van der Waals surface area (Å²) in [6.45, 7) is 3.63. The molecule has 0 fully saturated rings. The zero-order chi connectivity index (χ0) is 12.7. The van der Waals surface area contributed by atoms with Gasteiger partial charge in [0.2, 0.25) is 5.91 Å². The molecule has 0 spiro atoms. The number of rotatable bonds is 3. The zero-order valence-electron chi connectivity index (χ0n) is 9.02. The summed E-state index contributed by atoms with van der Waals surface area (Å²) in [5.74, 6) is -0.842. The Bertz CT molecular complexity index is 452. The number of hydrogen-bond acceptors (Lipinski definition) is 2. The Labute approximate surface area is 104 Å². The van der Waals surface area contributed by atoms with Crippen molar-refractivity contribution in [3.63, 3.8) is 0 Å². The van der Waals surface area contributed by atoms with Crippen LogP contribution in [0.5, 0.6) is 0 Å². The highest BCUT2D eigenvalue weighted by Crippen LogP contribution is 2.03. The Balaban J connectivity index is 2.60. The van der Waals surface area contributed by atoms with Gasteiger partial charge in [-0.15, -0.1) is 11.6 Å². The van der Waals surface area contributed by atoms with E-state index in [0.717, 1.165) is 11.1 Å². The van der Waals surface area contributed by atoms with Gasteiger partial charge in [-0.1, -0.05) is 36.9 Å². The number of nitrogens with zero attached hydrogens (tertiary/aromatic N) is 1. The van der Waals surface area contributed by atoms with Gasteiger partial charge in [-0.05, 0) is 11.1 Å². The molecule has 0 bridgehead atoms. The van der Waals surface area contributed by atoms with Crippen molar-refractivity contribution in [2.24, 2.45) is 4.99 Å². The lowest BCUT2D eigenvalue weighted by Crippen LogP contribution is -2.28. The van der Waals surface area contributed by atoms with Gasteiger partial charge in [0, 0.05) is 6.21 Å². The first-order valence-electron chi connectivity index (χ1n) is 4.82. The fourth-order valence-electron chi connectivity index (χ4n) is 1.04. The molecular formula is C12H11ClN2O2. The summed E-state index contributed by atoms with van der Waals surface area (Å²) >= 11 is 5.22. The summed E-state index contributed by atoms with van der Waals surface area (Å²) in [6, 6.07) is 6.53. The van der Waals surface area contributed by atoms with E-state index in [-0.39, 0.29) is 5.88 Å². The van der Waals surface area contributed by atoms with E-state index < -0.39 is 11.9 Å². The van der Waals surface area contributed by atoms with Gasteiger partial charge >= 0.3 is 6.03 Å². The van der Waals surface area contributed by atoms with Crippen molar-refractivity contribution in [1.29, 1.82) is 0 Å². The number of aliphatic imine (C=N–C) groups is 1. The van der Waals surface area contributed by atoms with E-state index in [1.165, 1.54) is 6.21 Å². The maximum absolute atomic E-state index is 11.1. The summed E-state index contributed by atoms with van der Waals surface area (Å²) in [5.41, 5.74) is 1.73. The fourth-order valence-corrected chi connectivity index (χ4v) is 1.10. The Hall–Kier alpha value is -1.94. The van der Waals surface area contributed by atoms with E-state index in [1.54, 1.807) is 18.2 Å². The number of nitrogens with one attached hydrogen (secondary N) is 1. The quantitative estimate of drug-likeness (QED) is 0.661. The Morgan fingerprint density at radius 2 is 1.88 bits per heavy atom. The first-order chi connectivity index (χ1) is 8.15. The lowest BCUT2D eigenvalue weighted by molar-refractivity contribution is -0.117. The Morgan fingerprint density at radius 1 is 1.29 bits per heavy atom. The normalized spacial score (nSPS) is 10.2. The SMILES string of the molecule is C=Cc1ccc(C=NC(=O)NC(=O)CCl)cc1. The van der Waals surface area contributed by atoms with Crippen LogP contribution in [0.15, 0.2) is 35.8 Å². The predicted molar refractivity (Wildman–Crippen MR) is 68.4 cm³/mol. The summed E-state index contributed by atoms with van der Waals surface area (Å²) in [5, 5.41) is 2.00. The number of halogens is 1. The second-order valence-corrected chi connectivity index (χ2v) is 3.38. The monoisotopic (exact) mass is 250 g/mol. The number of urea groups is 1. The van der Waals surface area contributed by atoms with Gasteiger partial charge in [0.25, 0.3) is 0 Å². The molecule has 88 valence electrons. The van der Waals surface area contributed by atoms with Crippen LogP contribution in [0, 0.1) is 0 Å². The summed E-state index contributed by atoms with van der Waals surface area (Å²) < 4.78 is 0. The van der Waals surface area contributed by atoms with E-state index >= 15 is 0 Å². The van der Waals surface area contributed by atoms with Crippen molar-refractivity contribution in [3.05, 3.63) is 42.0 Å². The summed E-state index contributed by atoms with van der Waals surface area (Å²) in [7, 11) is 0. The molecule has 0 aliphatic heterocycles. The van der Waals surface area contributed by atoms with Crippen LogP contribution < -0.4 is 5.32 Å². The smallest absolute Gasteiger partial charge is 0.275 e. The van der Waals surface area contributed by atoms with E-state index in [4.69, 9.17) is 11.6 Å². The predicted octanol–water partition coefficient (Wildman–Crippen LogP) is 2.22. The van der Waals surface area contributed by atoms with Crippen LogP contribution in [0.3, 0.4) is 0 Å². The van der Waals surface area contributed by atoms with Gasteiger partial charge in [-0.25, -0.2) is 9.79 Å². The molecule has 0 aromatic heterocycles. The fraction of sp³-hybridized carbons (Fsp3) is 0.0833. The Kier molecular flexibility index (Phi) is 5.10. The zero-order valence-corrected chi connectivity index (χ0v) is 9.78. The molecule has 0 saturated heterocycles. The van der Waals surface area contributed by atoms with Crippen molar-refractivity contribution in [2.75, 3.05) is 5.88 Å². The minimum atomic E-state index is -0.733. The molecule has 0 aliphatic rings. The largest absolute Gasteiger partial charge is 0.347 e. The molecule has 3 amide bonds. The van der Waals surface area contributed by atoms with Crippen LogP contribution >= 0.6 is 11.6 Å². The van der Waals surface area contributed by atoms with Crippen LogP contribution in [0.2, 0.25) is 0 Å². The van der Waals surface area contributed by atoms with E-state index in [0.29, 0.717) is 0 Å². The van der Waals surface area contributed by atoms with Gasteiger partial charge in [0.1, 0.15) is 5.88 Å². The number of benzene rings is 1. The lowest BCUT2D eigenvalue weighted by atomic mass is 10.1. The van der Waals surface area contributed by atoms with Gasteiger partial charge in [0.05, 0.1) is 0 Å². The van der Waals surface area contributed by atoms with Crippen LogP contribution in [0.4, 0.5) is 4.79 Å². The third-order valence-corrected chi connectivity index (χ3v) is 2.11. The van der Waals surface area contributed by atoms with Crippen LogP contribution in [-0.4, -0.2) is 24.0 Å². The molecule has 0 aliphatic carbocycles. The molecule has 0 unspecified atom stereocenters. The Morgan fingerprint density at radius 3 is 2.41 bits per heavy atom. The molecule has 0 atom stereocenters. The third-order valence-electron chi connectivity index (χ3n) is 1.87. The van der Waals surface area contributed by atoms with Crippen molar-refractivity contribution < 1.29 is 9.59 Å². The van der Waals surface area contributed by atoms with Crippen molar-refractivity contribution >= 4 is 35.8 Å². The second-order valence-electron chi connectivity index (χ2n) is 3.12. The van der Waals surface area contributed by atoms with Crippen LogP contribution in [-0.2, 0) is 4.79 Å². The van der Waals surface area contributed by atoms with Crippen LogP contribution in [0.25, 0.3) is 6.08 Å². The van der Waals surface area contributed by atoms with Crippen molar-refractivity contribution in [3.8, 4) is 0 Å². The van der Waals surface area contributed by atoms with E-state index in [2.05, 4.69) is 11.6 Å². The molecule has 1 N–H and O–H groups in total. The molecule has 5 heteroatoms. The lowest BCUT2D eigenvalue weighted by Gasteiger charge is -1.96. The molecule has 4 nitrogen and oxygen atoms in total. The number of carbonyl (C=O) groups is 2. The summed E-state index contributed by atoms with van der Waals surface area (Å²) in [4.78, 5) is 25.4. The first-order valence-corrected chi connectivity index (χ1v) is 5.35. The topological polar surface area (TPSA) is 58.5 Å². The van der Waals surface area contributed by atoms with Gasteiger partial charge in [0.15, 0.2) is 0 Å². The van der Waals surface area contributed by atoms with Gasteiger partial charge < -0.3 is 0 Å². The molecule has 0 radical (unpaired) electrons. The molecule has 17 heavy (non-hydrogen) atoms. The van der Waals surface area contributed by atoms with Crippen molar-refractivity contribution in [1.82, 2.24) is 5.32 Å². The van der Waals surface area contributed by atoms with E-state index in [9.17, 15) is 9.59 Å². The molecule has 1 aromatic carbocycles. The minimum Gasteiger partial charge on any atom is -0.275 e. The maximum Gasteiger partial charge on any atom is 0.347 e.